The number of benzene rings is 1. The van der Waals surface area contributed by atoms with Crippen molar-refractivity contribution in [2.24, 2.45) is 0 Å². The predicted molar refractivity (Wildman–Crippen MR) is 75.2 cm³/mol. The van der Waals surface area contributed by atoms with Gasteiger partial charge in [0.1, 0.15) is 6.10 Å². The number of methoxy groups -OCH3 is 3. The van der Waals surface area contributed by atoms with Gasteiger partial charge in [0.2, 0.25) is 5.75 Å². The summed E-state index contributed by atoms with van der Waals surface area (Å²) in [5.74, 6) is 1.64. The summed E-state index contributed by atoms with van der Waals surface area (Å²) in [5, 5.41) is 0. The molecule has 116 valence electrons. The Morgan fingerprint density at radius 3 is 2.29 bits per heavy atom. The number of carbonyl (C=O) groups is 1. The molecule has 1 fully saturated rings. The van der Waals surface area contributed by atoms with Crippen LogP contribution in [0.15, 0.2) is 18.2 Å². The van der Waals surface area contributed by atoms with Gasteiger partial charge < -0.3 is 23.7 Å². The van der Waals surface area contributed by atoms with Crippen LogP contribution in [0.1, 0.15) is 6.42 Å². The van der Waals surface area contributed by atoms with Crippen molar-refractivity contribution in [3.8, 4) is 17.2 Å². The molecule has 0 heterocycles. The van der Waals surface area contributed by atoms with E-state index in [0.717, 1.165) is 0 Å². The molecule has 1 aliphatic carbocycles. The first-order valence-electron chi connectivity index (χ1n) is 6.72. The van der Waals surface area contributed by atoms with Crippen LogP contribution in [0.5, 0.6) is 17.2 Å². The van der Waals surface area contributed by atoms with Gasteiger partial charge in [-0.3, -0.25) is 4.79 Å². The average molecular weight is 296 g/mol. The Hall–Kier alpha value is -1.79. The molecule has 21 heavy (non-hydrogen) atoms. The largest absolute Gasteiger partial charge is 0.493 e. The molecular weight excluding hydrogens is 276 g/mol. The van der Waals surface area contributed by atoms with E-state index in [1.54, 1.807) is 33.5 Å². The van der Waals surface area contributed by atoms with Gasteiger partial charge in [0.15, 0.2) is 23.4 Å². The first-order valence-corrected chi connectivity index (χ1v) is 6.72. The molecule has 2 atom stereocenters. The van der Waals surface area contributed by atoms with Gasteiger partial charge >= 0.3 is 0 Å². The maximum atomic E-state index is 11.6. The Bertz CT molecular complexity index is 465. The molecule has 0 aromatic heterocycles. The lowest BCUT2D eigenvalue weighted by molar-refractivity contribution is -0.156. The lowest BCUT2D eigenvalue weighted by atomic mass is 9.90. The zero-order chi connectivity index (χ0) is 15.2. The summed E-state index contributed by atoms with van der Waals surface area (Å²) in [6.45, 7) is 0.796. The minimum Gasteiger partial charge on any atom is -0.493 e. The van der Waals surface area contributed by atoms with E-state index < -0.39 is 6.10 Å². The molecule has 0 spiro atoms. The van der Waals surface area contributed by atoms with Crippen molar-refractivity contribution in [3.63, 3.8) is 0 Å². The Labute approximate surface area is 123 Å². The van der Waals surface area contributed by atoms with Crippen LogP contribution in [0.2, 0.25) is 0 Å². The van der Waals surface area contributed by atoms with Crippen LogP contribution in [-0.4, -0.2) is 52.5 Å². The lowest BCUT2D eigenvalue weighted by Crippen LogP contribution is -2.52. The second kappa shape index (κ2) is 7.28. The zero-order valence-electron chi connectivity index (χ0n) is 12.5. The summed E-state index contributed by atoms with van der Waals surface area (Å²) in [7, 11) is 4.69. The number of Topliss-reactive ketones (excluding diaryl/α,β-unsaturated/α-hetero) is 1. The Morgan fingerprint density at radius 2 is 1.76 bits per heavy atom. The highest BCUT2D eigenvalue weighted by molar-refractivity contribution is 5.90. The van der Waals surface area contributed by atoms with E-state index in [9.17, 15) is 4.79 Å². The van der Waals surface area contributed by atoms with Crippen molar-refractivity contribution in [1.82, 2.24) is 0 Å². The number of para-hydroxylation sites is 1. The van der Waals surface area contributed by atoms with Crippen LogP contribution >= 0.6 is 0 Å². The third kappa shape index (κ3) is 3.46. The van der Waals surface area contributed by atoms with E-state index in [2.05, 4.69) is 0 Å². The predicted octanol–water partition coefficient (Wildman–Crippen LogP) is 1.46. The third-order valence-corrected chi connectivity index (χ3v) is 3.29. The van der Waals surface area contributed by atoms with Crippen LogP contribution in [-0.2, 0) is 14.3 Å². The van der Waals surface area contributed by atoms with E-state index in [-0.39, 0.29) is 11.9 Å². The number of hydrogen-bond acceptors (Lipinski definition) is 6. The van der Waals surface area contributed by atoms with Gasteiger partial charge in [-0.15, -0.1) is 0 Å². The Morgan fingerprint density at radius 1 is 1.10 bits per heavy atom. The second-order valence-corrected chi connectivity index (χ2v) is 4.60. The lowest BCUT2D eigenvalue weighted by Gasteiger charge is -2.35. The van der Waals surface area contributed by atoms with Crippen LogP contribution in [0.25, 0.3) is 0 Å². The quantitative estimate of drug-likeness (QED) is 0.677. The van der Waals surface area contributed by atoms with Gasteiger partial charge in [-0.25, -0.2) is 0 Å². The highest BCUT2D eigenvalue weighted by atomic mass is 16.6. The van der Waals surface area contributed by atoms with E-state index in [0.29, 0.717) is 36.9 Å². The van der Waals surface area contributed by atoms with Crippen molar-refractivity contribution in [2.45, 2.75) is 18.6 Å². The Kier molecular flexibility index (Phi) is 5.41. The molecule has 1 saturated carbocycles. The molecule has 1 aromatic rings. The highest BCUT2D eigenvalue weighted by Gasteiger charge is 2.43. The van der Waals surface area contributed by atoms with Crippen molar-refractivity contribution in [1.29, 1.82) is 0 Å². The van der Waals surface area contributed by atoms with Crippen molar-refractivity contribution in [3.05, 3.63) is 18.2 Å². The standard InChI is InChI=1S/C15H20O6/c1-17-7-8-20-14-10(16)9-13(14)21-15-11(18-2)5-4-6-12(15)19-3/h4-6,13-14H,7-9H2,1-3H3. The van der Waals surface area contributed by atoms with Gasteiger partial charge in [-0.2, -0.15) is 0 Å². The van der Waals surface area contributed by atoms with Crippen molar-refractivity contribution in [2.75, 3.05) is 34.5 Å². The van der Waals surface area contributed by atoms with Gasteiger partial charge in [-0.1, -0.05) is 6.07 Å². The molecular formula is C15H20O6. The van der Waals surface area contributed by atoms with Crippen molar-refractivity contribution >= 4 is 5.78 Å². The normalized spacial score (nSPS) is 20.8. The maximum absolute atomic E-state index is 11.6. The summed E-state index contributed by atoms with van der Waals surface area (Å²) >= 11 is 0. The molecule has 6 heteroatoms. The summed E-state index contributed by atoms with van der Waals surface area (Å²) in [6.07, 6.45) is -0.576. The van der Waals surface area contributed by atoms with Crippen LogP contribution in [0, 0.1) is 0 Å². The number of ether oxygens (including phenoxy) is 5. The van der Waals surface area contributed by atoms with Crippen LogP contribution in [0.3, 0.4) is 0 Å². The molecule has 0 radical (unpaired) electrons. The molecule has 0 saturated heterocycles. The van der Waals surface area contributed by atoms with E-state index in [1.807, 2.05) is 6.07 Å². The van der Waals surface area contributed by atoms with Crippen LogP contribution in [0.4, 0.5) is 0 Å². The maximum Gasteiger partial charge on any atom is 0.203 e. The van der Waals surface area contributed by atoms with Gasteiger partial charge in [-0.05, 0) is 12.1 Å². The molecule has 6 nitrogen and oxygen atoms in total. The number of rotatable bonds is 8. The van der Waals surface area contributed by atoms with E-state index in [4.69, 9.17) is 23.7 Å². The summed E-state index contributed by atoms with van der Waals surface area (Å²) < 4.78 is 26.8. The molecule has 0 N–H and O–H groups in total. The smallest absolute Gasteiger partial charge is 0.203 e. The molecule has 2 rings (SSSR count). The minimum absolute atomic E-state index is 0.0324. The highest BCUT2D eigenvalue weighted by Crippen LogP contribution is 2.39. The fraction of sp³-hybridized carbons (Fsp3) is 0.533. The Balaban J connectivity index is 2.05. The van der Waals surface area contributed by atoms with Crippen molar-refractivity contribution < 1.29 is 28.5 Å². The number of carbonyl (C=O) groups excluding carboxylic acids is 1. The summed E-state index contributed by atoms with van der Waals surface area (Å²) in [6, 6.07) is 5.36. The summed E-state index contributed by atoms with van der Waals surface area (Å²) in [5.41, 5.74) is 0. The molecule has 0 amide bonds. The fourth-order valence-electron chi connectivity index (χ4n) is 2.12. The number of hydrogen-bond donors (Lipinski definition) is 0. The van der Waals surface area contributed by atoms with E-state index >= 15 is 0 Å². The average Bonchev–Trinajstić information content (AvgIpc) is 2.51. The second-order valence-electron chi connectivity index (χ2n) is 4.60. The SMILES string of the molecule is COCCOC1C(=O)CC1Oc1c(OC)cccc1OC. The van der Waals surface area contributed by atoms with E-state index in [1.165, 1.54) is 0 Å². The van der Waals surface area contributed by atoms with Crippen LogP contribution < -0.4 is 14.2 Å². The fourth-order valence-corrected chi connectivity index (χ4v) is 2.12. The first kappa shape index (κ1) is 15.6. The number of ketones is 1. The molecule has 0 bridgehead atoms. The first-order chi connectivity index (χ1) is 10.2. The molecule has 1 aliphatic rings. The monoisotopic (exact) mass is 296 g/mol. The topological polar surface area (TPSA) is 63.2 Å². The molecule has 2 unspecified atom stereocenters. The van der Waals surface area contributed by atoms with Gasteiger partial charge in [0, 0.05) is 13.5 Å². The van der Waals surface area contributed by atoms with Gasteiger partial charge in [0.25, 0.3) is 0 Å². The zero-order valence-corrected chi connectivity index (χ0v) is 12.5. The molecule has 0 aliphatic heterocycles. The minimum atomic E-state index is -0.560. The molecule has 1 aromatic carbocycles. The third-order valence-electron chi connectivity index (χ3n) is 3.29. The summed E-state index contributed by atoms with van der Waals surface area (Å²) in [4.78, 5) is 11.6. The van der Waals surface area contributed by atoms with Gasteiger partial charge in [0.05, 0.1) is 27.4 Å².